The first kappa shape index (κ1) is 16.6. The second-order valence-corrected chi connectivity index (χ2v) is 4.50. The van der Waals surface area contributed by atoms with Crippen LogP contribution < -0.4 is 0 Å². The Morgan fingerprint density at radius 3 is 2.80 bits per heavy atom. The zero-order valence-corrected chi connectivity index (χ0v) is 12.6. The van der Waals surface area contributed by atoms with Crippen molar-refractivity contribution < 1.29 is 14.3 Å². The van der Waals surface area contributed by atoms with Crippen molar-refractivity contribution in [2.45, 2.75) is 27.3 Å². The number of likely N-dealkylation sites (N-methyl/N-ethyl adjacent to an activating group) is 1. The molecule has 0 spiro atoms. The quantitative estimate of drug-likeness (QED) is 0.510. The van der Waals surface area contributed by atoms with Crippen LogP contribution in [0.4, 0.5) is 0 Å². The maximum Gasteiger partial charge on any atom is 0.332 e. The normalized spacial score (nSPS) is 10.8. The zero-order valence-electron chi connectivity index (χ0n) is 12.6. The van der Waals surface area contributed by atoms with E-state index in [1.54, 1.807) is 6.92 Å². The summed E-state index contributed by atoms with van der Waals surface area (Å²) in [5, 5.41) is 0. The predicted octanol–water partition coefficient (Wildman–Crippen LogP) is 1.79. The molecule has 0 aliphatic carbocycles. The van der Waals surface area contributed by atoms with Crippen LogP contribution in [0.15, 0.2) is 18.2 Å². The number of carbonyl (C=O) groups excluding carboxylic acids is 1. The molecule has 112 valence electrons. The number of hydrogen-bond acceptors (Lipinski definition) is 5. The van der Waals surface area contributed by atoms with Crippen LogP contribution in [0, 0.1) is 6.92 Å². The molecular weight excluding hydrogens is 256 g/mol. The second kappa shape index (κ2) is 9.44. The molecule has 0 amide bonds. The molecule has 0 aromatic carbocycles. The molecule has 0 fully saturated rings. The minimum Gasteiger partial charge on any atom is -0.464 e. The monoisotopic (exact) mass is 280 g/mol. The van der Waals surface area contributed by atoms with Crippen molar-refractivity contribution in [3.63, 3.8) is 0 Å². The summed E-state index contributed by atoms with van der Waals surface area (Å²) in [6, 6.07) is 6.03. The molecule has 0 unspecified atom stereocenters. The Morgan fingerprint density at radius 2 is 2.15 bits per heavy atom. The highest BCUT2D eigenvalue weighted by molar-refractivity contribution is 5.70. The number of nitrogens with zero attached hydrogens (tertiary/aromatic N) is 2. The summed E-state index contributed by atoms with van der Waals surface area (Å²) in [7, 11) is 0. The number of carbonyl (C=O) groups is 1. The van der Waals surface area contributed by atoms with Crippen LogP contribution >= 0.6 is 0 Å². The van der Waals surface area contributed by atoms with Crippen molar-refractivity contribution >= 4 is 5.97 Å². The molecule has 1 aromatic heterocycles. The molecular formula is C15H24N2O3. The lowest BCUT2D eigenvalue weighted by Gasteiger charge is -2.19. The standard InChI is InChI=1S/C15H24N2O3/c1-4-17(9-10-19-12-15(18)20-5-2)11-14-8-6-7-13(3)16-14/h6-8H,4-5,9-12H2,1-3H3. The van der Waals surface area contributed by atoms with E-state index in [4.69, 9.17) is 9.47 Å². The summed E-state index contributed by atoms with van der Waals surface area (Å²) in [5.41, 5.74) is 2.08. The first-order chi connectivity index (χ1) is 9.65. The van der Waals surface area contributed by atoms with Crippen molar-refractivity contribution in [1.29, 1.82) is 0 Å². The van der Waals surface area contributed by atoms with Gasteiger partial charge in [0.15, 0.2) is 0 Å². The molecule has 0 aliphatic rings. The van der Waals surface area contributed by atoms with Crippen LogP contribution in [0.5, 0.6) is 0 Å². The number of ether oxygens (including phenoxy) is 2. The molecule has 0 saturated carbocycles. The van der Waals surface area contributed by atoms with Gasteiger partial charge in [0.05, 0.1) is 18.9 Å². The van der Waals surface area contributed by atoms with E-state index in [9.17, 15) is 4.79 Å². The Labute approximate surface area is 120 Å². The lowest BCUT2D eigenvalue weighted by Crippen LogP contribution is -2.28. The van der Waals surface area contributed by atoms with Crippen molar-refractivity contribution in [2.75, 3.05) is 32.9 Å². The van der Waals surface area contributed by atoms with E-state index in [-0.39, 0.29) is 12.6 Å². The summed E-state index contributed by atoms with van der Waals surface area (Å²) in [6.07, 6.45) is 0. The van der Waals surface area contributed by atoms with Crippen LogP contribution in [-0.4, -0.2) is 48.8 Å². The number of pyridine rings is 1. The molecule has 0 radical (unpaired) electrons. The van der Waals surface area contributed by atoms with Crippen LogP contribution in [-0.2, 0) is 20.8 Å². The summed E-state index contributed by atoms with van der Waals surface area (Å²) in [4.78, 5) is 17.8. The third-order valence-corrected chi connectivity index (χ3v) is 2.86. The van der Waals surface area contributed by atoms with Crippen molar-refractivity contribution in [3.8, 4) is 0 Å². The fourth-order valence-electron chi connectivity index (χ4n) is 1.82. The van der Waals surface area contributed by atoms with Gasteiger partial charge in [-0.2, -0.15) is 0 Å². The van der Waals surface area contributed by atoms with Gasteiger partial charge in [0.2, 0.25) is 0 Å². The highest BCUT2D eigenvalue weighted by Crippen LogP contribution is 2.03. The van der Waals surface area contributed by atoms with Gasteiger partial charge in [0, 0.05) is 18.8 Å². The SMILES string of the molecule is CCOC(=O)COCCN(CC)Cc1cccc(C)n1. The largest absolute Gasteiger partial charge is 0.464 e. The van der Waals surface area contributed by atoms with Gasteiger partial charge in [-0.25, -0.2) is 4.79 Å². The summed E-state index contributed by atoms with van der Waals surface area (Å²) >= 11 is 0. The molecule has 0 atom stereocenters. The van der Waals surface area contributed by atoms with E-state index in [0.29, 0.717) is 13.2 Å². The van der Waals surface area contributed by atoms with Gasteiger partial charge >= 0.3 is 5.97 Å². The molecule has 0 bridgehead atoms. The van der Waals surface area contributed by atoms with Gasteiger partial charge in [-0.3, -0.25) is 9.88 Å². The number of hydrogen-bond donors (Lipinski definition) is 0. The lowest BCUT2D eigenvalue weighted by molar-refractivity contribution is -0.148. The van der Waals surface area contributed by atoms with Crippen LogP contribution in [0.1, 0.15) is 25.2 Å². The minimum atomic E-state index is -0.309. The maximum absolute atomic E-state index is 11.1. The molecule has 1 aromatic rings. The van der Waals surface area contributed by atoms with Gasteiger partial charge in [-0.05, 0) is 32.5 Å². The van der Waals surface area contributed by atoms with E-state index in [2.05, 4.69) is 16.8 Å². The van der Waals surface area contributed by atoms with Gasteiger partial charge in [-0.1, -0.05) is 13.0 Å². The Morgan fingerprint density at radius 1 is 1.35 bits per heavy atom. The average molecular weight is 280 g/mol. The fraction of sp³-hybridized carbons (Fsp3) is 0.600. The molecule has 1 rings (SSSR count). The minimum absolute atomic E-state index is 0.0219. The van der Waals surface area contributed by atoms with Crippen LogP contribution in [0.3, 0.4) is 0 Å². The van der Waals surface area contributed by atoms with Gasteiger partial charge < -0.3 is 9.47 Å². The first-order valence-electron chi connectivity index (χ1n) is 7.04. The third kappa shape index (κ3) is 6.63. The van der Waals surface area contributed by atoms with Gasteiger partial charge in [-0.15, -0.1) is 0 Å². The van der Waals surface area contributed by atoms with E-state index in [1.807, 2.05) is 25.1 Å². The lowest BCUT2D eigenvalue weighted by atomic mass is 10.3. The number of aryl methyl sites for hydroxylation is 1. The van der Waals surface area contributed by atoms with Gasteiger partial charge in [0.1, 0.15) is 6.61 Å². The van der Waals surface area contributed by atoms with E-state index in [0.717, 1.165) is 31.0 Å². The zero-order chi connectivity index (χ0) is 14.8. The highest BCUT2D eigenvalue weighted by atomic mass is 16.6. The number of rotatable bonds is 9. The van der Waals surface area contributed by atoms with Crippen LogP contribution in [0.25, 0.3) is 0 Å². The van der Waals surface area contributed by atoms with E-state index in [1.165, 1.54) is 0 Å². The molecule has 0 saturated heterocycles. The van der Waals surface area contributed by atoms with Crippen LogP contribution in [0.2, 0.25) is 0 Å². The molecule has 0 N–H and O–H groups in total. The molecule has 0 aliphatic heterocycles. The summed E-state index contributed by atoms with van der Waals surface area (Å²) in [6.45, 7) is 9.27. The summed E-state index contributed by atoms with van der Waals surface area (Å²) < 4.78 is 10.1. The van der Waals surface area contributed by atoms with E-state index < -0.39 is 0 Å². The first-order valence-corrected chi connectivity index (χ1v) is 7.04. The number of esters is 1. The maximum atomic E-state index is 11.1. The highest BCUT2D eigenvalue weighted by Gasteiger charge is 2.06. The smallest absolute Gasteiger partial charge is 0.332 e. The Bertz CT molecular complexity index is 410. The Hall–Kier alpha value is -1.46. The predicted molar refractivity (Wildman–Crippen MR) is 77.4 cm³/mol. The second-order valence-electron chi connectivity index (χ2n) is 4.50. The number of aromatic nitrogens is 1. The average Bonchev–Trinajstić information content (AvgIpc) is 2.42. The van der Waals surface area contributed by atoms with Crippen molar-refractivity contribution in [2.24, 2.45) is 0 Å². The van der Waals surface area contributed by atoms with Crippen molar-refractivity contribution in [3.05, 3.63) is 29.6 Å². The molecule has 1 heterocycles. The molecule has 5 heteroatoms. The Balaban J connectivity index is 2.28. The molecule has 20 heavy (non-hydrogen) atoms. The Kier molecular flexibility index (Phi) is 7.84. The summed E-state index contributed by atoms with van der Waals surface area (Å²) in [5.74, 6) is -0.309. The third-order valence-electron chi connectivity index (χ3n) is 2.86. The molecule has 5 nitrogen and oxygen atoms in total. The fourth-order valence-corrected chi connectivity index (χ4v) is 1.82. The topological polar surface area (TPSA) is 51.7 Å². The van der Waals surface area contributed by atoms with E-state index >= 15 is 0 Å². The van der Waals surface area contributed by atoms with Crippen molar-refractivity contribution in [1.82, 2.24) is 9.88 Å². The van der Waals surface area contributed by atoms with Gasteiger partial charge in [0.25, 0.3) is 0 Å².